The van der Waals surface area contributed by atoms with Crippen molar-refractivity contribution < 1.29 is 14.3 Å². The zero-order valence-electron chi connectivity index (χ0n) is 7.78. The van der Waals surface area contributed by atoms with Crippen LogP contribution in [0.2, 0.25) is 0 Å². The Balaban J connectivity index is 2.24. The number of carbonyl (C=O) groups is 1. The fraction of sp³-hybridized carbons (Fsp3) is 0.200. The first-order chi connectivity index (χ1) is 7.24. The van der Waals surface area contributed by atoms with E-state index < -0.39 is 5.97 Å². The molecule has 0 unspecified atom stereocenters. The Morgan fingerprint density at radius 2 is 2.13 bits per heavy atom. The summed E-state index contributed by atoms with van der Waals surface area (Å²) in [5.41, 5.74) is 3.45. The molecule has 5 nitrogen and oxygen atoms in total. The second-order valence-electron chi connectivity index (χ2n) is 3.52. The highest BCUT2D eigenvalue weighted by molar-refractivity contribution is 5.87. The fourth-order valence-electron chi connectivity index (χ4n) is 1.81. The van der Waals surface area contributed by atoms with Gasteiger partial charge in [0, 0.05) is 13.1 Å². The van der Waals surface area contributed by atoms with Crippen molar-refractivity contribution in [3.8, 4) is 0 Å². The highest BCUT2D eigenvalue weighted by Crippen LogP contribution is 2.23. The number of oxazole rings is 1. The third-order valence-electron chi connectivity index (χ3n) is 2.52. The SMILES string of the molecule is O=C(O)c1nc2cc3c(cc2o1)CNC3. The Bertz CT molecular complexity index is 518. The number of nitrogens with zero attached hydrogens (tertiary/aromatic N) is 1. The van der Waals surface area contributed by atoms with Crippen LogP contribution < -0.4 is 5.32 Å². The summed E-state index contributed by atoms with van der Waals surface area (Å²) < 4.78 is 5.12. The Hall–Kier alpha value is -1.88. The van der Waals surface area contributed by atoms with Crippen molar-refractivity contribution in [3.05, 3.63) is 29.2 Å². The van der Waals surface area contributed by atoms with Crippen molar-refractivity contribution in [1.29, 1.82) is 0 Å². The number of aromatic nitrogens is 1. The molecule has 0 saturated heterocycles. The standard InChI is InChI=1S/C10H8N2O3/c13-10(14)9-12-7-1-5-3-11-4-6(5)2-8(7)15-9/h1-2,11H,3-4H2,(H,13,14). The molecule has 0 radical (unpaired) electrons. The lowest BCUT2D eigenvalue weighted by Crippen LogP contribution is -1.99. The van der Waals surface area contributed by atoms with Gasteiger partial charge in [0.25, 0.3) is 0 Å². The molecule has 0 fully saturated rings. The summed E-state index contributed by atoms with van der Waals surface area (Å²) in [6.45, 7) is 1.61. The molecular formula is C10H8N2O3. The summed E-state index contributed by atoms with van der Waals surface area (Å²) in [6.07, 6.45) is 0. The van der Waals surface area contributed by atoms with Crippen molar-refractivity contribution >= 4 is 17.1 Å². The van der Waals surface area contributed by atoms with Crippen LogP contribution in [-0.4, -0.2) is 16.1 Å². The molecular weight excluding hydrogens is 196 g/mol. The average molecular weight is 204 g/mol. The van der Waals surface area contributed by atoms with Gasteiger partial charge < -0.3 is 14.8 Å². The largest absolute Gasteiger partial charge is 0.474 e. The van der Waals surface area contributed by atoms with Crippen LogP contribution in [0.1, 0.15) is 21.8 Å². The van der Waals surface area contributed by atoms with Gasteiger partial charge in [0.15, 0.2) is 5.58 Å². The van der Waals surface area contributed by atoms with Gasteiger partial charge in [0.05, 0.1) is 0 Å². The molecule has 0 saturated carbocycles. The Labute approximate surface area is 84.7 Å². The van der Waals surface area contributed by atoms with E-state index in [1.165, 1.54) is 0 Å². The Morgan fingerprint density at radius 3 is 2.87 bits per heavy atom. The minimum Gasteiger partial charge on any atom is -0.474 e. The molecule has 1 aliphatic heterocycles. The van der Waals surface area contributed by atoms with E-state index in [1.54, 1.807) is 0 Å². The van der Waals surface area contributed by atoms with Crippen LogP contribution in [0.4, 0.5) is 0 Å². The molecule has 2 heterocycles. The lowest BCUT2D eigenvalue weighted by molar-refractivity contribution is 0.0656. The van der Waals surface area contributed by atoms with Gasteiger partial charge in [-0.25, -0.2) is 9.78 Å². The zero-order chi connectivity index (χ0) is 10.4. The van der Waals surface area contributed by atoms with Crippen LogP contribution in [-0.2, 0) is 13.1 Å². The Kier molecular flexibility index (Phi) is 1.58. The van der Waals surface area contributed by atoms with Gasteiger partial charge in [0.1, 0.15) is 5.52 Å². The van der Waals surface area contributed by atoms with Gasteiger partial charge in [0.2, 0.25) is 0 Å². The lowest BCUT2D eigenvalue weighted by Gasteiger charge is -1.94. The van der Waals surface area contributed by atoms with Crippen molar-refractivity contribution in [2.75, 3.05) is 0 Å². The molecule has 76 valence electrons. The number of fused-ring (bicyclic) bond motifs is 2. The molecule has 2 N–H and O–H groups in total. The molecule has 0 bridgehead atoms. The number of benzene rings is 1. The quantitative estimate of drug-likeness (QED) is 0.728. The summed E-state index contributed by atoms with van der Waals surface area (Å²) in [7, 11) is 0. The highest BCUT2D eigenvalue weighted by atomic mass is 16.4. The molecule has 2 aromatic rings. The van der Waals surface area contributed by atoms with Crippen LogP contribution in [0.25, 0.3) is 11.1 Å². The maximum Gasteiger partial charge on any atom is 0.392 e. The number of hydrogen-bond acceptors (Lipinski definition) is 4. The number of carboxylic acid groups (broad SMARTS) is 1. The third kappa shape index (κ3) is 1.20. The minimum atomic E-state index is -1.13. The molecule has 1 aliphatic rings. The maximum absolute atomic E-state index is 10.7. The topological polar surface area (TPSA) is 75.4 Å². The number of rotatable bonds is 1. The number of aromatic carboxylic acids is 1. The van der Waals surface area contributed by atoms with Crippen molar-refractivity contribution in [1.82, 2.24) is 10.3 Å². The zero-order valence-corrected chi connectivity index (χ0v) is 7.78. The first kappa shape index (κ1) is 8.43. The van der Waals surface area contributed by atoms with E-state index in [4.69, 9.17) is 9.52 Å². The van der Waals surface area contributed by atoms with E-state index in [-0.39, 0.29) is 5.89 Å². The van der Waals surface area contributed by atoms with Gasteiger partial charge in [-0.05, 0) is 23.3 Å². The first-order valence-electron chi connectivity index (χ1n) is 4.60. The molecule has 0 atom stereocenters. The lowest BCUT2D eigenvalue weighted by atomic mass is 10.1. The van der Waals surface area contributed by atoms with E-state index in [0.717, 1.165) is 24.2 Å². The van der Waals surface area contributed by atoms with Gasteiger partial charge in [-0.3, -0.25) is 0 Å². The van der Waals surface area contributed by atoms with Crippen LogP contribution in [0, 0.1) is 0 Å². The minimum absolute atomic E-state index is 0.248. The predicted molar refractivity (Wildman–Crippen MR) is 51.5 cm³/mol. The summed E-state index contributed by atoms with van der Waals surface area (Å²) in [6, 6.07) is 3.73. The molecule has 1 aromatic heterocycles. The smallest absolute Gasteiger partial charge is 0.392 e. The van der Waals surface area contributed by atoms with Crippen molar-refractivity contribution in [2.45, 2.75) is 13.1 Å². The van der Waals surface area contributed by atoms with Gasteiger partial charge in [-0.15, -0.1) is 0 Å². The average Bonchev–Trinajstić information content (AvgIpc) is 2.77. The number of nitrogens with one attached hydrogen (secondary N) is 1. The van der Waals surface area contributed by atoms with E-state index in [1.807, 2.05) is 12.1 Å². The normalized spacial score (nSPS) is 14.4. The molecule has 0 aliphatic carbocycles. The number of hydrogen-bond donors (Lipinski definition) is 2. The molecule has 15 heavy (non-hydrogen) atoms. The third-order valence-corrected chi connectivity index (χ3v) is 2.52. The van der Waals surface area contributed by atoms with Crippen LogP contribution in [0.15, 0.2) is 16.5 Å². The van der Waals surface area contributed by atoms with Crippen LogP contribution >= 0.6 is 0 Å². The van der Waals surface area contributed by atoms with E-state index in [0.29, 0.717) is 11.1 Å². The summed E-state index contributed by atoms with van der Waals surface area (Å²) in [5, 5.41) is 11.9. The van der Waals surface area contributed by atoms with Crippen molar-refractivity contribution in [2.24, 2.45) is 0 Å². The van der Waals surface area contributed by atoms with Crippen LogP contribution in [0.3, 0.4) is 0 Å². The van der Waals surface area contributed by atoms with E-state index >= 15 is 0 Å². The van der Waals surface area contributed by atoms with Gasteiger partial charge >= 0.3 is 11.9 Å². The summed E-state index contributed by atoms with van der Waals surface area (Å²) >= 11 is 0. The van der Waals surface area contributed by atoms with Gasteiger partial charge in [-0.2, -0.15) is 0 Å². The maximum atomic E-state index is 10.7. The van der Waals surface area contributed by atoms with Crippen LogP contribution in [0.5, 0.6) is 0 Å². The van der Waals surface area contributed by atoms with Crippen molar-refractivity contribution in [3.63, 3.8) is 0 Å². The molecule has 0 spiro atoms. The molecule has 1 aromatic carbocycles. The fourth-order valence-corrected chi connectivity index (χ4v) is 1.81. The summed E-state index contributed by atoms with van der Waals surface area (Å²) in [4.78, 5) is 14.6. The second kappa shape index (κ2) is 2.80. The molecule has 0 amide bonds. The second-order valence-corrected chi connectivity index (χ2v) is 3.52. The summed E-state index contributed by atoms with van der Waals surface area (Å²) in [5.74, 6) is -1.38. The molecule has 3 rings (SSSR count). The highest BCUT2D eigenvalue weighted by Gasteiger charge is 2.17. The predicted octanol–water partition coefficient (Wildman–Crippen LogP) is 1.13. The molecule has 5 heteroatoms. The number of carboxylic acids is 1. The van der Waals surface area contributed by atoms with E-state index in [9.17, 15) is 4.79 Å². The van der Waals surface area contributed by atoms with E-state index in [2.05, 4.69) is 10.3 Å². The monoisotopic (exact) mass is 204 g/mol. The van der Waals surface area contributed by atoms with Gasteiger partial charge in [-0.1, -0.05) is 0 Å². The Morgan fingerprint density at radius 1 is 1.40 bits per heavy atom. The first-order valence-corrected chi connectivity index (χ1v) is 4.60.